The van der Waals surface area contributed by atoms with E-state index < -0.39 is 0 Å². The second-order valence-corrected chi connectivity index (χ2v) is 5.86. The molecular weight excluding hydrogens is 226 g/mol. The van der Waals surface area contributed by atoms with Gasteiger partial charge >= 0.3 is 5.97 Å². The van der Waals surface area contributed by atoms with Gasteiger partial charge in [0.15, 0.2) is 0 Å². The SMILES string of the molecule is CCOC(=O)C(NC1CC1)C1CC(C)=CC(C)C1. The van der Waals surface area contributed by atoms with E-state index in [0.717, 1.165) is 12.8 Å². The third-order valence-corrected chi connectivity index (χ3v) is 3.83. The van der Waals surface area contributed by atoms with Crippen LogP contribution >= 0.6 is 0 Å². The number of hydrogen-bond donors (Lipinski definition) is 1. The molecule has 0 saturated heterocycles. The molecule has 3 unspecified atom stereocenters. The van der Waals surface area contributed by atoms with Crippen LogP contribution in [0.1, 0.15) is 46.5 Å². The summed E-state index contributed by atoms with van der Waals surface area (Å²) in [4.78, 5) is 12.1. The highest BCUT2D eigenvalue weighted by Crippen LogP contribution is 2.32. The summed E-state index contributed by atoms with van der Waals surface area (Å²) in [6.07, 6.45) is 6.84. The van der Waals surface area contributed by atoms with Gasteiger partial charge in [-0.25, -0.2) is 0 Å². The molecule has 3 nitrogen and oxygen atoms in total. The number of nitrogens with one attached hydrogen (secondary N) is 1. The minimum Gasteiger partial charge on any atom is -0.465 e. The molecule has 0 aliphatic heterocycles. The first kappa shape index (κ1) is 13.6. The van der Waals surface area contributed by atoms with E-state index in [1.165, 1.54) is 18.4 Å². The van der Waals surface area contributed by atoms with Crippen molar-refractivity contribution >= 4 is 5.97 Å². The Bertz CT molecular complexity index is 333. The first-order valence-electron chi connectivity index (χ1n) is 7.20. The number of rotatable bonds is 5. The van der Waals surface area contributed by atoms with E-state index in [9.17, 15) is 4.79 Å². The molecule has 3 heteroatoms. The van der Waals surface area contributed by atoms with Crippen LogP contribution in [0.2, 0.25) is 0 Å². The van der Waals surface area contributed by atoms with Crippen LogP contribution in [-0.4, -0.2) is 24.7 Å². The minimum absolute atomic E-state index is 0.0590. The average molecular weight is 251 g/mol. The average Bonchev–Trinajstić information content (AvgIpc) is 3.08. The van der Waals surface area contributed by atoms with E-state index in [-0.39, 0.29) is 12.0 Å². The van der Waals surface area contributed by atoms with Gasteiger partial charge in [-0.2, -0.15) is 0 Å². The maximum Gasteiger partial charge on any atom is 0.323 e. The standard InChI is InChI=1S/C15H25NO2/c1-4-18-15(17)14(16-13-5-6-13)12-8-10(2)7-11(3)9-12/h7,10,12-14,16H,4-6,8-9H2,1-3H3. The molecule has 18 heavy (non-hydrogen) atoms. The Balaban J connectivity index is 2.02. The first-order chi connectivity index (χ1) is 8.60. The van der Waals surface area contributed by atoms with Crippen LogP contribution in [0.5, 0.6) is 0 Å². The van der Waals surface area contributed by atoms with Crippen molar-refractivity contribution in [1.82, 2.24) is 5.32 Å². The molecule has 2 aliphatic carbocycles. The van der Waals surface area contributed by atoms with E-state index in [1.807, 2.05) is 6.92 Å². The zero-order valence-corrected chi connectivity index (χ0v) is 11.7. The van der Waals surface area contributed by atoms with E-state index in [1.54, 1.807) is 0 Å². The second-order valence-electron chi connectivity index (χ2n) is 5.86. The van der Waals surface area contributed by atoms with Gasteiger partial charge < -0.3 is 10.1 Å². The van der Waals surface area contributed by atoms with Crippen molar-refractivity contribution in [2.45, 2.75) is 58.5 Å². The van der Waals surface area contributed by atoms with Gasteiger partial charge in [-0.15, -0.1) is 0 Å². The third kappa shape index (κ3) is 3.58. The molecule has 1 N–H and O–H groups in total. The summed E-state index contributed by atoms with van der Waals surface area (Å²) in [6.45, 7) is 6.75. The fourth-order valence-electron chi connectivity index (χ4n) is 2.98. The number of esters is 1. The lowest BCUT2D eigenvalue weighted by Gasteiger charge is -2.31. The summed E-state index contributed by atoms with van der Waals surface area (Å²) in [5, 5.41) is 3.48. The Morgan fingerprint density at radius 1 is 1.56 bits per heavy atom. The van der Waals surface area contributed by atoms with Crippen molar-refractivity contribution in [3.05, 3.63) is 11.6 Å². The van der Waals surface area contributed by atoms with E-state index in [4.69, 9.17) is 4.74 Å². The fourth-order valence-corrected chi connectivity index (χ4v) is 2.98. The zero-order chi connectivity index (χ0) is 13.1. The molecule has 1 saturated carbocycles. The quantitative estimate of drug-likeness (QED) is 0.603. The summed E-state index contributed by atoms with van der Waals surface area (Å²) >= 11 is 0. The molecule has 0 radical (unpaired) electrons. The van der Waals surface area contributed by atoms with Gasteiger partial charge in [0.05, 0.1) is 6.61 Å². The van der Waals surface area contributed by atoms with E-state index >= 15 is 0 Å². The minimum atomic E-state index is -0.108. The highest BCUT2D eigenvalue weighted by Gasteiger charge is 2.36. The largest absolute Gasteiger partial charge is 0.465 e. The molecule has 0 heterocycles. The smallest absolute Gasteiger partial charge is 0.323 e. The topological polar surface area (TPSA) is 38.3 Å². The predicted molar refractivity (Wildman–Crippen MR) is 72.2 cm³/mol. The van der Waals surface area contributed by atoms with Crippen molar-refractivity contribution in [1.29, 1.82) is 0 Å². The van der Waals surface area contributed by atoms with Crippen LogP contribution in [0.4, 0.5) is 0 Å². The summed E-state index contributed by atoms with van der Waals surface area (Å²) in [5.41, 5.74) is 1.41. The lowest BCUT2D eigenvalue weighted by molar-refractivity contribution is -0.147. The number of allylic oxidation sites excluding steroid dienone is 2. The summed E-state index contributed by atoms with van der Waals surface area (Å²) in [7, 11) is 0. The van der Waals surface area contributed by atoms with Crippen molar-refractivity contribution in [2.24, 2.45) is 11.8 Å². The lowest BCUT2D eigenvalue weighted by atomic mass is 9.79. The lowest BCUT2D eigenvalue weighted by Crippen LogP contribution is -2.46. The van der Waals surface area contributed by atoms with Crippen LogP contribution in [0.25, 0.3) is 0 Å². The highest BCUT2D eigenvalue weighted by molar-refractivity contribution is 5.76. The van der Waals surface area contributed by atoms with Crippen LogP contribution < -0.4 is 5.32 Å². The Kier molecular flexibility index (Phi) is 4.44. The summed E-state index contributed by atoms with van der Waals surface area (Å²) in [6, 6.07) is 0.435. The Morgan fingerprint density at radius 2 is 2.28 bits per heavy atom. The monoisotopic (exact) mass is 251 g/mol. The fraction of sp³-hybridized carbons (Fsp3) is 0.800. The third-order valence-electron chi connectivity index (χ3n) is 3.83. The van der Waals surface area contributed by atoms with E-state index in [0.29, 0.717) is 24.5 Å². The molecule has 0 bridgehead atoms. The molecule has 2 aliphatic rings. The molecule has 0 spiro atoms. The van der Waals surface area contributed by atoms with Crippen LogP contribution in [0.15, 0.2) is 11.6 Å². The van der Waals surface area contributed by atoms with Crippen LogP contribution in [-0.2, 0) is 9.53 Å². The maximum atomic E-state index is 12.1. The molecule has 2 rings (SSSR count). The van der Waals surface area contributed by atoms with Crippen molar-refractivity contribution < 1.29 is 9.53 Å². The molecule has 1 fully saturated rings. The molecule has 0 amide bonds. The van der Waals surface area contributed by atoms with Crippen molar-refractivity contribution in [3.63, 3.8) is 0 Å². The van der Waals surface area contributed by atoms with Gasteiger partial charge in [-0.05, 0) is 51.4 Å². The molecule has 0 aromatic rings. The molecule has 102 valence electrons. The number of ether oxygens (including phenoxy) is 1. The Labute approximate surface area is 110 Å². The number of carbonyl (C=O) groups excluding carboxylic acids is 1. The molecule has 0 aromatic heterocycles. The van der Waals surface area contributed by atoms with Crippen molar-refractivity contribution in [2.75, 3.05) is 6.61 Å². The number of hydrogen-bond acceptors (Lipinski definition) is 3. The van der Waals surface area contributed by atoms with Crippen LogP contribution in [0.3, 0.4) is 0 Å². The van der Waals surface area contributed by atoms with E-state index in [2.05, 4.69) is 25.2 Å². The first-order valence-corrected chi connectivity index (χ1v) is 7.20. The second kappa shape index (κ2) is 5.87. The summed E-state index contributed by atoms with van der Waals surface area (Å²) < 4.78 is 5.24. The zero-order valence-electron chi connectivity index (χ0n) is 11.7. The Morgan fingerprint density at radius 3 is 2.83 bits per heavy atom. The van der Waals surface area contributed by atoms with Crippen LogP contribution in [0, 0.1) is 11.8 Å². The van der Waals surface area contributed by atoms with Gasteiger partial charge in [-0.1, -0.05) is 18.6 Å². The van der Waals surface area contributed by atoms with Gasteiger partial charge in [0.25, 0.3) is 0 Å². The highest BCUT2D eigenvalue weighted by atomic mass is 16.5. The van der Waals surface area contributed by atoms with Crippen molar-refractivity contribution in [3.8, 4) is 0 Å². The molecular formula is C15H25NO2. The van der Waals surface area contributed by atoms with Gasteiger partial charge in [-0.3, -0.25) is 4.79 Å². The van der Waals surface area contributed by atoms with Gasteiger partial charge in [0.2, 0.25) is 0 Å². The summed E-state index contributed by atoms with van der Waals surface area (Å²) in [5.74, 6) is 0.905. The Hall–Kier alpha value is -0.830. The number of carbonyl (C=O) groups is 1. The maximum absolute atomic E-state index is 12.1. The predicted octanol–water partition coefficient (Wildman–Crippen LogP) is 2.66. The van der Waals surface area contributed by atoms with Gasteiger partial charge in [0.1, 0.15) is 6.04 Å². The van der Waals surface area contributed by atoms with Gasteiger partial charge in [0, 0.05) is 6.04 Å². The molecule has 3 atom stereocenters. The normalized spacial score (nSPS) is 29.6. The molecule has 0 aromatic carbocycles.